The fraction of sp³-hybridized carbons (Fsp3) is 0.533. The molecule has 4 heteroatoms. The Labute approximate surface area is 115 Å². The van der Waals surface area contributed by atoms with Crippen LogP contribution in [0.15, 0.2) is 24.3 Å². The van der Waals surface area contributed by atoms with E-state index in [1.54, 1.807) is 6.07 Å². The summed E-state index contributed by atoms with van der Waals surface area (Å²) >= 11 is 0. The molecule has 2 rings (SSSR count). The first-order chi connectivity index (χ1) is 9.16. The monoisotopic (exact) mass is 261 g/mol. The zero-order chi connectivity index (χ0) is 13.7. The van der Waals surface area contributed by atoms with Crippen LogP contribution in [-0.4, -0.2) is 37.5 Å². The molecule has 1 unspecified atom stereocenters. The number of hydrogen-bond donors (Lipinski definition) is 2. The van der Waals surface area contributed by atoms with Crippen molar-refractivity contribution in [2.75, 3.05) is 26.7 Å². The van der Waals surface area contributed by atoms with Crippen molar-refractivity contribution in [1.29, 1.82) is 0 Å². The lowest BCUT2D eigenvalue weighted by atomic mass is 9.98. The Morgan fingerprint density at radius 3 is 2.95 bits per heavy atom. The number of amides is 1. The summed E-state index contributed by atoms with van der Waals surface area (Å²) in [4.78, 5) is 13.7. The quantitative estimate of drug-likeness (QED) is 0.838. The van der Waals surface area contributed by atoms with Crippen LogP contribution in [0.5, 0.6) is 0 Å². The molecule has 1 aliphatic rings. The minimum Gasteiger partial charge on any atom is -0.366 e. The highest BCUT2D eigenvalue weighted by Gasteiger charge is 2.16. The van der Waals surface area contributed by atoms with Crippen molar-refractivity contribution in [3.63, 3.8) is 0 Å². The number of hydrogen-bond acceptors (Lipinski definition) is 3. The highest BCUT2D eigenvalue weighted by atomic mass is 16.1. The lowest BCUT2D eigenvalue weighted by molar-refractivity contribution is 0.0998. The van der Waals surface area contributed by atoms with E-state index < -0.39 is 0 Å². The highest BCUT2D eigenvalue weighted by Crippen LogP contribution is 2.14. The van der Waals surface area contributed by atoms with Crippen LogP contribution in [0.4, 0.5) is 0 Å². The lowest BCUT2D eigenvalue weighted by Gasteiger charge is -2.28. The summed E-state index contributed by atoms with van der Waals surface area (Å²) in [6, 6.07) is 7.59. The number of nitrogens with two attached hydrogens (primary N) is 1. The first-order valence-corrected chi connectivity index (χ1v) is 6.94. The van der Waals surface area contributed by atoms with Gasteiger partial charge in [0.1, 0.15) is 0 Å². The van der Waals surface area contributed by atoms with Gasteiger partial charge in [0.05, 0.1) is 0 Å². The van der Waals surface area contributed by atoms with Gasteiger partial charge in [-0.1, -0.05) is 18.2 Å². The smallest absolute Gasteiger partial charge is 0.249 e. The van der Waals surface area contributed by atoms with Gasteiger partial charge in [-0.05, 0) is 50.5 Å². The number of piperidine rings is 1. The molecule has 1 saturated heterocycles. The van der Waals surface area contributed by atoms with Gasteiger partial charge in [-0.15, -0.1) is 0 Å². The molecule has 4 nitrogen and oxygen atoms in total. The van der Waals surface area contributed by atoms with Gasteiger partial charge in [-0.25, -0.2) is 0 Å². The number of benzene rings is 1. The molecule has 1 aliphatic heterocycles. The van der Waals surface area contributed by atoms with Crippen LogP contribution in [0.1, 0.15) is 28.8 Å². The van der Waals surface area contributed by atoms with E-state index in [0.29, 0.717) is 11.5 Å². The third-order valence-corrected chi connectivity index (χ3v) is 3.69. The lowest BCUT2D eigenvalue weighted by Crippen LogP contribution is -2.36. The van der Waals surface area contributed by atoms with Crippen molar-refractivity contribution >= 4 is 5.91 Å². The minimum absolute atomic E-state index is 0.344. The molecule has 1 amide bonds. The molecule has 1 heterocycles. The van der Waals surface area contributed by atoms with E-state index in [2.05, 4.69) is 17.3 Å². The summed E-state index contributed by atoms with van der Waals surface area (Å²) in [5, 5.41) is 3.43. The molecule has 1 aromatic carbocycles. The van der Waals surface area contributed by atoms with Gasteiger partial charge >= 0.3 is 0 Å². The molecule has 1 atom stereocenters. The molecule has 1 aromatic rings. The standard InChI is InChI=1S/C15H23N3O/c1-18(10-12-5-4-8-17-9-12)11-13-6-2-3-7-14(13)15(16)19/h2-3,6-7,12,17H,4-5,8-11H2,1H3,(H2,16,19). The Bertz CT molecular complexity index is 427. The number of primary amides is 1. The van der Waals surface area contributed by atoms with Gasteiger partial charge in [-0.3, -0.25) is 4.79 Å². The molecule has 3 N–H and O–H groups in total. The predicted octanol–water partition coefficient (Wildman–Crippen LogP) is 1.22. The Hall–Kier alpha value is -1.39. The third-order valence-electron chi connectivity index (χ3n) is 3.69. The van der Waals surface area contributed by atoms with Crippen molar-refractivity contribution in [2.45, 2.75) is 19.4 Å². The summed E-state index contributed by atoms with van der Waals surface area (Å²) in [6.45, 7) is 4.07. The maximum absolute atomic E-state index is 11.4. The molecular weight excluding hydrogens is 238 g/mol. The van der Waals surface area contributed by atoms with E-state index in [9.17, 15) is 4.79 Å². The first-order valence-electron chi connectivity index (χ1n) is 6.94. The fourth-order valence-corrected chi connectivity index (χ4v) is 2.77. The van der Waals surface area contributed by atoms with Gasteiger partial charge in [0.2, 0.25) is 5.91 Å². The van der Waals surface area contributed by atoms with E-state index in [4.69, 9.17) is 5.73 Å². The van der Waals surface area contributed by atoms with E-state index in [-0.39, 0.29) is 5.91 Å². The number of nitrogens with one attached hydrogen (secondary N) is 1. The number of carbonyl (C=O) groups excluding carboxylic acids is 1. The average molecular weight is 261 g/mol. The summed E-state index contributed by atoms with van der Waals surface area (Å²) in [6.07, 6.45) is 2.55. The van der Waals surface area contributed by atoms with Crippen molar-refractivity contribution in [1.82, 2.24) is 10.2 Å². The zero-order valence-corrected chi connectivity index (χ0v) is 11.6. The largest absolute Gasteiger partial charge is 0.366 e. The van der Waals surface area contributed by atoms with Crippen molar-refractivity contribution in [3.8, 4) is 0 Å². The second kappa shape index (κ2) is 6.68. The zero-order valence-electron chi connectivity index (χ0n) is 11.6. The summed E-state index contributed by atoms with van der Waals surface area (Å²) in [7, 11) is 2.10. The van der Waals surface area contributed by atoms with Crippen LogP contribution >= 0.6 is 0 Å². The first kappa shape index (κ1) is 14.0. The van der Waals surface area contributed by atoms with Crippen LogP contribution in [-0.2, 0) is 6.54 Å². The number of carbonyl (C=O) groups is 1. The van der Waals surface area contributed by atoms with Crippen molar-refractivity contribution in [2.24, 2.45) is 11.7 Å². The maximum atomic E-state index is 11.4. The van der Waals surface area contributed by atoms with Crippen LogP contribution in [0, 0.1) is 5.92 Å². The fourth-order valence-electron chi connectivity index (χ4n) is 2.77. The van der Waals surface area contributed by atoms with Crippen LogP contribution in [0.25, 0.3) is 0 Å². The molecule has 0 bridgehead atoms. The topological polar surface area (TPSA) is 58.4 Å². The molecule has 0 aromatic heterocycles. The Kier molecular flexibility index (Phi) is 4.93. The minimum atomic E-state index is -0.344. The SMILES string of the molecule is CN(Cc1ccccc1C(N)=O)CC1CCCNC1. The van der Waals surface area contributed by atoms with Crippen molar-refractivity contribution in [3.05, 3.63) is 35.4 Å². The highest BCUT2D eigenvalue weighted by molar-refractivity contribution is 5.94. The summed E-state index contributed by atoms with van der Waals surface area (Å²) in [5.74, 6) is 0.364. The summed E-state index contributed by atoms with van der Waals surface area (Å²) < 4.78 is 0. The molecule has 0 aliphatic carbocycles. The Morgan fingerprint density at radius 1 is 1.47 bits per heavy atom. The van der Waals surface area contributed by atoms with E-state index in [1.807, 2.05) is 18.2 Å². The van der Waals surface area contributed by atoms with Gasteiger partial charge in [0, 0.05) is 18.7 Å². The molecular formula is C15H23N3O. The van der Waals surface area contributed by atoms with Gasteiger partial charge < -0.3 is 16.0 Å². The normalized spacial score (nSPS) is 19.6. The van der Waals surface area contributed by atoms with Gasteiger partial charge in [0.15, 0.2) is 0 Å². The van der Waals surface area contributed by atoms with Crippen LogP contribution < -0.4 is 11.1 Å². The number of rotatable bonds is 5. The summed E-state index contributed by atoms with van der Waals surface area (Å²) in [5.41, 5.74) is 7.06. The third kappa shape index (κ3) is 4.04. The van der Waals surface area contributed by atoms with Crippen LogP contribution in [0.2, 0.25) is 0 Å². The second-order valence-electron chi connectivity index (χ2n) is 5.43. The molecule has 19 heavy (non-hydrogen) atoms. The Balaban J connectivity index is 1.94. The molecule has 0 saturated carbocycles. The van der Waals surface area contributed by atoms with E-state index in [1.165, 1.54) is 12.8 Å². The molecule has 0 spiro atoms. The number of nitrogens with zero attached hydrogens (tertiary/aromatic N) is 1. The average Bonchev–Trinajstić information content (AvgIpc) is 2.40. The molecule has 0 radical (unpaired) electrons. The maximum Gasteiger partial charge on any atom is 0.249 e. The predicted molar refractivity (Wildman–Crippen MR) is 76.9 cm³/mol. The Morgan fingerprint density at radius 2 is 2.26 bits per heavy atom. The van der Waals surface area contributed by atoms with E-state index >= 15 is 0 Å². The van der Waals surface area contributed by atoms with Crippen LogP contribution in [0.3, 0.4) is 0 Å². The molecule has 1 fully saturated rings. The second-order valence-corrected chi connectivity index (χ2v) is 5.43. The van der Waals surface area contributed by atoms with Gasteiger partial charge in [0.25, 0.3) is 0 Å². The van der Waals surface area contributed by atoms with E-state index in [0.717, 1.165) is 31.7 Å². The van der Waals surface area contributed by atoms with Crippen molar-refractivity contribution < 1.29 is 4.79 Å². The van der Waals surface area contributed by atoms with Gasteiger partial charge in [-0.2, -0.15) is 0 Å². The molecule has 104 valence electrons.